The lowest BCUT2D eigenvalue weighted by molar-refractivity contribution is -0.143. The molecular formula is C13H17O3. The summed E-state index contributed by atoms with van der Waals surface area (Å²) in [7, 11) is 0. The van der Waals surface area contributed by atoms with Crippen LogP contribution in [-0.2, 0) is 21.1 Å². The van der Waals surface area contributed by atoms with E-state index in [-0.39, 0.29) is 11.7 Å². The van der Waals surface area contributed by atoms with Gasteiger partial charge in [-0.2, -0.15) is 0 Å². The van der Waals surface area contributed by atoms with Crippen LogP contribution in [0.2, 0.25) is 0 Å². The molecule has 3 heteroatoms. The molecule has 0 heterocycles. The molecule has 0 unspecified atom stereocenters. The number of unbranched alkanes of at least 4 members (excludes halogenated alkanes) is 1. The zero-order chi connectivity index (χ0) is 11.8. The van der Waals surface area contributed by atoms with Gasteiger partial charge in [0.2, 0.25) is 0 Å². The maximum Gasteiger partial charge on any atom is 0.305 e. The molecule has 3 nitrogen and oxygen atoms in total. The molecule has 0 amide bonds. The molecule has 0 aliphatic rings. The molecule has 0 saturated heterocycles. The Morgan fingerprint density at radius 3 is 2.50 bits per heavy atom. The monoisotopic (exact) mass is 221 g/mol. The van der Waals surface area contributed by atoms with E-state index in [1.54, 1.807) is 12.1 Å². The molecule has 0 aliphatic heterocycles. The van der Waals surface area contributed by atoms with E-state index in [0.29, 0.717) is 13.0 Å². The van der Waals surface area contributed by atoms with Crippen LogP contribution in [0.4, 0.5) is 0 Å². The van der Waals surface area contributed by atoms with Gasteiger partial charge in [0, 0.05) is 6.42 Å². The first-order valence-electron chi connectivity index (χ1n) is 5.64. The van der Waals surface area contributed by atoms with Crippen molar-refractivity contribution in [2.75, 3.05) is 6.61 Å². The van der Waals surface area contributed by atoms with E-state index < -0.39 is 0 Å². The van der Waals surface area contributed by atoms with E-state index in [9.17, 15) is 9.90 Å². The summed E-state index contributed by atoms with van der Waals surface area (Å²) >= 11 is 0. The highest BCUT2D eigenvalue weighted by Gasteiger charge is 2.01. The number of benzene rings is 1. The van der Waals surface area contributed by atoms with Gasteiger partial charge in [-0.1, -0.05) is 12.1 Å². The van der Waals surface area contributed by atoms with Crippen molar-refractivity contribution in [3.05, 3.63) is 29.8 Å². The summed E-state index contributed by atoms with van der Waals surface area (Å²) in [6.07, 6.45) is 3.15. The lowest BCUT2D eigenvalue weighted by atomic mass is 10.1. The van der Waals surface area contributed by atoms with Crippen molar-refractivity contribution in [1.29, 1.82) is 0 Å². The second kappa shape index (κ2) is 6.88. The van der Waals surface area contributed by atoms with Gasteiger partial charge < -0.3 is 4.74 Å². The average molecular weight is 221 g/mol. The molecule has 0 saturated carbocycles. The normalized spacial score (nSPS) is 10.1. The number of carbonyl (C=O) groups is 1. The van der Waals surface area contributed by atoms with Crippen molar-refractivity contribution in [1.82, 2.24) is 0 Å². The molecule has 1 aromatic carbocycles. The Bertz CT molecular complexity index is 316. The van der Waals surface area contributed by atoms with Crippen molar-refractivity contribution in [2.45, 2.75) is 32.6 Å². The number of carbonyl (C=O) groups excluding carboxylic acids is 1. The largest absolute Gasteiger partial charge is 0.466 e. The van der Waals surface area contributed by atoms with Crippen LogP contribution in [0, 0.1) is 0 Å². The summed E-state index contributed by atoms with van der Waals surface area (Å²) in [6.45, 7) is 2.26. The van der Waals surface area contributed by atoms with Crippen LogP contribution >= 0.6 is 0 Å². The SMILES string of the molecule is CCOC(=O)CCCCc1ccc([O])cc1. The first-order valence-corrected chi connectivity index (χ1v) is 5.64. The van der Waals surface area contributed by atoms with Crippen LogP contribution in [-0.4, -0.2) is 12.6 Å². The molecule has 0 aliphatic carbocycles. The van der Waals surface area contributed by atoms with Crippen LogP contribution in [0.25, 0.3) is 0 Å². The van der Waals surface area contributed by atoms with Gasteiger partial charge in [0.25, 0.3) is 0 Å². The second-order valence-electron chi connectivity index (χ2n) is 3.66. The van der Waals surface area contributed by atoms with E-state index in [1.807, 2.05) is 19.1 Å². The van der Waals surface area contributed by atoms with Gasteiger partial charge in [-0.3, -0.25) is 9.90 Å². The predicted octanol–water partition coefficient (Wildman–Crippen LogP) is 3.11. The van der Waals surface area contributed by atoms with E-state index in [2.05, 4.69) is 0 Å². The number of rotatable bonds is 6. The van der Waals surface area contributed by atoms with Gasteiger partial charge in [0.05, 0.1) is 6.61 Å². The number of esters is 1. The van der Waals surface area contributed by atoms with Gasteiger partial charge in [-0.15, -0.1) is 0 Å². The van der Waals surface area contributed by atoms with Gasteiger partial charge in [0.15, 0.2) is 5.75 Å². The third-order valence-electron chi connectivity index (χ3n) is 2.33. The van der Waals surface area contributed by atoms with E-state index >= 15 is 0 Å². The predicted molar refractivity (Wildman–Crippen MR) is 60.8 cm³/mol. The zero-order valence-electron chi connectivity index (χ0n) is 9.57. The summed E-state index contributed by atoms with van der Waals surface area (Å²) in [4.78, 5) is 11.0. The fourth-order valence-electron chi connectivity index (χ4n) is 1.49. The molecular weight excluding hydrogens is 204 g/mol. The van der Waals surface area contributed by atoms with Crippen molar-refractivity contribution in [3.8, 4) is 5.75 Å². The van der Waals surface area contributed by atoms with Gasteiger partial charge in [-0.25, -0.2) is 0 Å². The third-order valence-corrected chi connectivity index (χ3v) is 2.33. The van der Waals surface area contributed by atoms with E-state index in [1.165, 1.54) is 0 Å². The molecule has 0 N–H and O–H groups in total. The summed E-state index contributed by atoms with van der Waals surface area (Å²) in [5.41, 5.74) is 1.14. The van der Waals surface area contributed by atoms with Gasteiger partial charge in [0.1, 0.15) is 0 Å². The number of aryl methyl sites for hydroxylation is 1. The standard InChI is InChI=1S/C13H17O3/c1-2-16-13(15)6-4-3-5-11-7-9-12(14)10-8-11/h7-10H,2-6H2,1H3. The molecule has 0 atom stereocenters. The number of hydrogen-bond donors (Lipinski definition) is 0. The molecule has 0 bridgehead atoms. The number of hydrogen-bond acceptors (Lipinski definition) is 2. The highest BCUT2D eigenvalue weighted by Crippen LogP contribution is 2.13. The third kappa shape index (κ3) is 4.82. The van der Waals surface area contributed by atoms with Crippen LogP contribution < -0.4 is 0 Å². The highest BCUT2D eigenvalue weighted by atomic mass is 16.5. The van der Waals surface area contributed by atoms with Crippen LogP contribution in [0.3, 0.4) is 0 Å². The molecule has 1 aromatic rings. The Balaban J connectivity index is 2.16. The molecule has 0 aromatic heterocycles. The van der Waals surface area contributed by atoms with E-state index in [0.717, 1.165) is 24.8 Å². The van der Waals surface area contributed by atoms with Crippen LogP contribution in [0.1, 0.15) is 31.7 Å². The van der Waals surface area contributed by atoms with Crippen LogP contribution in [0.15, 0.2) is 24.3 Å². The smallest absolute Gasteiger partial charge is 0.305 e. The zero-order valence-corrected chi connectivity index (χ0v) is 9.57. The number of ether oxygens (including phenoxy) is 1. The second-order valence-corrected chi connectivity index (χ2v) is 3.66. The van der Waals surface area contributed by atoms with Crippen molar-refractivity contribution in [2.24, 2.45) is 0 Å². The minimum absolute atomic E-state index is 0.0373. The molecule has 0 fully saturated rings. The fraction of sp³-hybridized carbons (Fsp3) is 0.462. The maximum absolute atomic E-state index is 11.0. The Morgan fingerprint density at radius 2 is 1.88 bits per heavy atom. The molecule has 1 radical (unpaired) electrons. The van der Waals surface area contributed by atoms with Crippen molar-refractivity contribution in [3.63, 3.8) is 0 Å². The Labute approximate surface area is 96.1 Å². The Morgan fingerprint density at radius 1 is 1.19 bits per heavy atom. The first kappa shape index (κ1) is 12.6. The molecule has 16 heavy (non-hydrogen) atoms. The van der Waals surface area contributed by atoms with Gasteiger partial charge in [-0.05, 0) is 43.9 Å². The van der Waals surface area contributed by atoms with Gasteiger partial charge >= 0.3 is 5.97 Å². The van der Waals surface area contributed by atoms with Crippen molar-refractivity contribution < 1.29 is 14.6 Å². The van der Waals surface area contributed by atoms with Crippen LogP contribution in [0.5, 0.6) is 5.75 Å². The first-order chi connectivity index (χ1) is 7.72. The summed E-state index contributed by atoms with van der Waals surface area (Å²) in [5.74, 6) is -0.0901. The quantitative estimate of drug-likeness (QED) is 0.547. The average Bonchev–Trinajstić information content (AvgIpc) is 2.27. The molecule has 1 rings (SSSR count). The van der Waals surface area contributed by atoms with Crippen molar-refractivity contribution >= 4 is 5.97 Å². The Hall–Kier alpha value is -1.51. The lowest BCUT2D eigenvalue weighted by Gasteiger charge is -2.02. The highest BCUT2D eigenvalue weighted by molar-refractivity contribution is 5.69. The summed E-state index contributed by atoms with van der Waals surface area (Å²) in [5, 5.41) is 10.9. The molecule has 0 spiro atoms. The molecule has 87 valence electrons. The summed E-state index contributed by atoms with van der Waals surface area (Å²) in [6, 6.07) is 6.82. The summed E-state index contributed by atoms with van der Waals surface area (Å²) < 4.78 is 4.83. The van der Waals surface area contributed by atoms with E-state index in [4.69, 9.17) is 4.74 Å². The minimum Gasteiger partial charge on any atom is -0.466 e. The lowest BCUT2D eigenvalue weighted by Crippen LogP contribution is -2.03. The Kier molecular flexibility index (Phi) is 5.40. The topological polar surface area (TPSA) is 46.2 Å². The minimum atomic E-state index is -0.127. The maximum atomic E-state index is 11.0. The fourth-order valence-corrected chi connectivity index (χ4v) is 1.49.